The number of halogens is 3. The molecule has 0 heterocycles. The second kappa shape index (κ2) is 13.0. The summed E-state index contributed by atoms with van der Waals surface area (Å²) in [6, 6.07) is 8.50. The quantitative estimate of drug-likeness (QED) is 0.472. The number of benzene rings is 1. The van der Waals surface area contributed by atoms with Crippen molar-refractivity contribution in [2.45, 2.75) is 50.4 Å². The van der Waals surface area contributed by atoms with Gasteiger partial charge in [-0.05, 0) is 50.3 Å². The Balaban J connectivity index is 0.000000956. The fourth-order valence-corrected chi connectivity index (χ4v) is 2.41. The van der Waals surface area contributed by atoms with Crippen LogP contribution in [0.4, 0.5) is 13.2 Å². The summed E-state index contributed by atoms with van der Waals surface area (Å²) in [5.74, 6) is -1.87. The number of rotatable bonds is 11. The third-order valence-corrected chi connectivity index (χ3v) is 4.10. The molecule has 0 aromatic heterocycles. The fraction of sp³-hybridized carbons (Fsp3) is 0.476. The Morgan fingerprint density at radius 1 is 1.21 bits per heavy atom. The number of hydrogen-bond acceptors (Lipinski definition) is 4. The number of carboxylic acid groups (broad SMARTS) is 1. The van der Waals surface area contributed by atoms with E-state index in [1.807, 2.05) is 12.1 Å². The number of ether oxygens (including phenoxy) is 1. The summed E-state index contributed by atoms with van der Waals surface area (Å²) in [7, 11) is 1.68. The van der Waals surface area contributed by atoms with Crippen molar-refractivity contribution in [3.8, 4) is 5.75 Å². The Labute approximate surface area is 169 Å². The molecule has 1 aromatic rings. The maximum Gasteiger partial charge on any atom is 0.490 e. The lowest BCUT2D eigenvalue weighted by atomic mass is 9.95. The molecule has 0 aliphatic rings. The molecule has 5 nitrogen and oxygen atoms in total. The third kappa shape index (κ3) is 12.0. The molecule has 1 rings (SSSR count). The molecule has 0 amide bonds. The molecule has 0 spiro atoms. The Hall–Kier alpha value is -2.32. The maximum atomic E-state index is 10.6. The highest BCUT2D eigenvalue weighted by Crippen LogP contribution is 2.17. The van der Waals surface area contributed by atoms with Crippen LogP contribution in [0, 0.1) is 0 Å². The molecule has 3 N–H and O–H groups in total. The van der Waals surface area contributed by atoms with Gasteiger partial charge in [0.25, 0.3) is 0 Å². The van der Waals surface area contributed by atoms with Crippen molar-refractivity contribution in [2.75, 3.05) is 13.7 Å². The van der Waals surface area contributed by atoms with Gasteiger partial charge in [-0.25, -0.2) is 4.79 Å². The first-order valence-corrected chi connectivity index (χ1v) is 9.08. The molecule has 1 atom stereocenters. The number of methoxy groups -OCH3 is 1. The highest BCUT2D eigenvalue weighted by molar-refractivity contribution is 5.73. The number of carbonyl (C=O) groups is 1. The van der Waals surface area contributed by atoms with Gasteiger partial charge in [0, 0.05) is 12.6 Å². The van der Waals surface area contributed by atoms with Gasteiger partial charge in [-0.3, -0.25) is 0 Å². The lowest BCUT2D eigenvalue weighted by Gasteiger charge is -2.28. The van der Waals surface area contributed by atoms with Crippen LogP contribution in [0.5, 0.6) is 5.75 Å². The SMILES string of the molecule is C=CCC(O)(CC=C)CNC(C)CCc1ccc(OC)cc1.O=C(O)C(F)(F)F. The molecule has 1 aromatic carbocycles. The first-order chi connectivity index (χ1) is 13.5. The van der Waals surface area contributed by atoms with Gasteiger partial charge in [0.15, 0.2) is 0 Å². The molecule has 164 valence electrons. The van der Waals surface area contributed by atoms with Crippen LogP contribution in [0.2, 0.25) is 0 Å². The topological polar surface area (TPSA) is 78.8 Å². The van der Waals surface area contributed by atoms with E-state index in [4.69, 9.17) is 14.6 Å². The highest BCUT2D eigenvalue weighted by atomic mass is 19.4. The minimum Gasteiger partial charge on any atom is -0.497 e. The number of hydrogen-bond donors (Lipinski definition) is 3. The number of aliphatic carboxylic acids is 1. The molecule has 0 aliphatic carbocycles. The van der Waals surface area contributed by atoms with Crippen molar-refractivity contribution in [3.63, 3.8) is 0 Å². The predicted octanol–water partition coefficient (Wildman–Crippen LogP) is 4.12. The van der Waals surface area contributed by atoms with Crippen LogP contribution in [-0.4, -0.2) is 47.7 Å². The summed E-state index contributed by atoms with van der Waals surface area (Å²) < 4.78 is 36.9. The Kier molecular flexibility index (Phi) is 12.0. The molecule has 29 heavy (non-hydrogen) atoms. The van der Waals surface area contributed by atoms with Gasteiger partial charge in [0.2, 0.25) is 0 Å². The zero-order valence-corrected chi connectivity index (χ0v) is 16.8. The summed E-state index contributed by atoms with van der Waals surface area (Å²) in [5.41, 5.74) is 0.514. The normalized spacial score (nSPS) is 12.3. The van der Waals surface area contributed by atoms with E-state index in [0.717, 1.165) is 18.6 Å². The monoisotopic (exact) mass is 417 g/mol. The van der Waals surface area contributed by atoms with Crippen molar-refractivity contribution in [2.24, 2.45) is 0 Å². The Morgan fingerprint density at radius 2 is 1.69 bits per heavy atom. The standard InChI is InChI=1S/C19H29NO2.C2HF3O2/c1-5-13-19(21,14-6-2)15-20-16(3)7-8-17-9-11-18(22-4)12-10-17;3-2(4,5)1(6)7/h5-6,9-12,16,20-21H,1-2,7-8,13-15H2,3-4H3;(H,6,7). The molecule has 0 bridgehead atoms. The van der Waals surface area contributed by atoms with Crippen LogP contribution < -0.4 is 10.1 Å². The van der Waals surface area contributed by atoms with Crippen LogP contribution in [0.3, 0.4) is 0 Å². The minimum atomic E-state index is -5.08. The number of aryl methyl sites for hydroxylation is 1. The lowest BCUT2D eigenvalue weighted by molar-refractivity contribution is -0.192. The van der Waals surface area contributed by atoms with E-state index < -0.39 is 17.7 Å². The first-order valence-electron chi connectivity index (χ1n) is 9.08. The van der Waals surface area contributed by atoms with E-state index in [2.05, 4.69) is 37.5 Å². The van der Waals surface area contributed by atoms with Gasteiger partial charge in [-0.1, -0.05) is 24.3 Å². The molecule has 0 radical (unpaired) electrons. The van der Waals surface area contributed by atoms with E-state index in [9.17, 15) is 18.3 Å². The average molecular weight is 417 g/mol. The van der Waals surface area contributed by atoms with E-state index in [0.29, 0.717) is 25.4 Å². The van der Waals surface area contributed by atoms with Crippen LogP contribution >= 0.6 is 0 Å². The van der Waals surface area contributed by atoms with Crippen molar-refractivity contribution < 1.29 is 32.9 Å². The van der Waals surface area contributed by atoms with Gasteiger partial charge in [-0.2, -0.15) is 13.2 Å². The number of nitrogens with one attached hydrogen (secondary N) is 1. The summed E-state index contributed by atoms with van der Waals surface area (Å²) in [6.07, 6.45) is 1.58. The summed E-state index contributed by atoms with van der Waals surface area (Å²) in [6.45, 7) is 10.1. The number of alkyl halides is 3. The Morgan fingerprint density at radius 3 is 2.07 bits per heavy atom. The third-order valence-electron chi connectivity index (χ3n) is 4.10. The lowest BCUT2D eigenvalue weighted by Crippen LogP contribution is -2.43. The number of aliphatic hydroxyl groups is 1. The van der Waals surface area contributed by atoms with Crippen molar-refractivity contribution in [1.29, 1.82) is 0 Å². The van der Waals surface area contributed by atoms with Gasteiger partial charge >= 0.3 is 12.1 Å². The maximum absolute atomic E-state index is 10.6. The molecule has 0 saturated carbocycles. The summed E-state index contributed by atoms with van der Waals surface area (Å²) >= 11 is 0. The van der Waals surface area contributed by atoms with Crippen LogP contribution in [0.25, 0.3) is 0 Å². The van der Waals surface area contributed by atoms with E-state index >= 15 is 0 Å². The Bertz CT molecular complexity index is 620. The van der Waals surface area contributed by atoms with Crippen molar-refractivity contribution in [3.05, 3.63) is 55.1 Å². The van der Waals surface area contributed by atoms with Gasteiger partial charge in [0.1, 0.15) is 5.75 Å². The smallest absolute Gasteiger partial charge is 0.490 e. The van der Waals surface area contributed by atoms with Gasteiger partial charge < -0.3 is 20.3 Å². The summed E-state index contributed by atoms with van der Waals surface area (Å²) in [5, 5.41) is 21.0. The zero-order chi connectivity index (χ0) is 22.5. The largest absolute Gasteiger partial charge is 0.497 e. The van der Waals surface area contributed by atoms with Crippen LogP contribution in [0.1, 0.15) is 31.7 Å². The van der Waals surface area contributed by atoms with Crippen molar-refractivity contribution in [1.82, 2.24) is 5.32 Å². The fourth-order valence-electron chi connectivity index (χ4n) is 2.41. The van der Waals surface area contributed by atoms with E-state index in [-0.39, 0.29) is 0 Å². The molecule has 8 heteroatoms. The van der Waals surface area contributed by atoms with E-state index in [1.165, 1.54) is 5.56 Å². The molecular weight excluding hydrogens is 387 g/mol. The average Bonchev–Trinajstić information content (AvgIpc) is 2.65. The molecular formula is C21H30F3NO4. The van der Waals surface area contributed by atoms with Gasteiger partial charge in [-0.15, -0.1) is 13.2 Å². The minimum absolute atomic E-state index is 0.336. The highest BCUT2D eigenvalue weighted by Gasteiger charge is 2.38. The van der Waals surface area contributed by atoms with Crippen LogP contribution in [-0.2, 0) is 11.2 Å². The molecule has 0 aliphatic heterocycles. The van der Waals surface area contributed by atoms with Gasteiger partial charge in [0.05, 0.1) is 12.7 Å². The predicted molar refractivity (Wildman–Crippen MR) is 107 cm³/mol. The van der Waals surface area contributed by atoms with Crippen LogP contribution in [0.15, 0.2) is 49.6 Å². The second-order valence-corrected chi connectivity index (χ2v) is 6.68. The molecule has 1 unspecified atom stereocenters. The molecule has 0 fully saturated rings. The first kappa shape index (κ1) is 26.7. The summed E-state index contributed by atoms with van der Waals surface area (Å²) in [4.78, 5) is 8.90. The molecule has 0 saturated heterocycles. The van der Waals surface area contributed by atoms with E-state index in [1.54, 1.807) is 19.3 Å². The number of carboxylic acids is 1. The second-order valence-electron chi connectivity index (χ2n) is 6.68. The van der Waals surface area contributed by atoms with Crippen molar-refractivity contribution >= 4 is 5.97 Å². The zero-order valence-electron chi connectivity index (χ0n) is 16.8.